The average Bonchev–Trinajstić information content (AvgIpc) is 2.05. The molecule has 0 aliphatic heterocycles. The van der Waals surface area contributed by atoms with Crippen LogP contribution in [0.1, 0.15) is 11.8 Å². The van der Waals surface area contributed by atoms with E-state index in [2.05, 4.69) is 9.97 Å². The predicted molar refractivity (Wildman–Crippen MR) is 37.7 cm³/mol. The van der Waals surface area contributed by atoms with Crippen molar-refractivity contribution in [1.82, 2.24) is 9.97 Å². The molecule has 0 fully saturated rings. The van der Waals surface area contributed by atoms with Gasteiger partial charge in [-0.2, -0.15) is 0 Å². The van der Waals surface area contributed by atoms with Crippen LogP contribution >= 0.6 is 11.6 Å². The highest BCUT2D eigenvalue weighted by molar-refractivity contribution is 6.18. The van der Waals surface area contributed by atoms with Gasteiger partial charge in [0.1, 0.15) is 6.10 Å². The first-order chi connectivity index (χ1) is 4.84. The van der Waals surface area contributed by atoms with Gasteiger partial charge in [0, 0.05) is 12.4 Å². The summed E-state index contributed by atoms with van der Waals surface area (Å²) in [5.74, 6) is 0.151. The van der Waals surface area contributed by atoms with Crippen molar-refractivity contribution in [2.75, 3.05) is 5.88 Å². The minimum atomic E-state index is -0.699. The van der Waals surface area contributed by atoms with Crippen molar-refractivity contribution in [1.29, 1.82) is 0 Å². The van der Waals surface area contributed by atoms with Crippen LogP contribution in [0.15, 0.2) is 18.6 Å². The van der Waals surface area contributed by atoms with E-state index >= 15 is 0 Å². The lowest BCUT2D eigenvalue weighted by Gasteiger charge is -2.02. The molecular weight excluding hydrogens is 152 g/mol. The summed E-state index contributed by atoms with van der Waals surface area (Å²) >= 11 is 5.37. The summed E-state index contributed by atoms with van der Waals surface area (Å²) in [6.45, 7) is 0. The van der Waals surface area contributed by atoms with Crippen LogP contribution in [0.5, 0.6) is 0 Å². The number of nitrogens with zero attached hydrogens (tertiary/aromatic N) is 2. The Labute approximate surface area is 63.7 Å². The van der Waals surface area contributed by atoms with E-state index in [1.54, 1.807) is 6.20 Å². The summed E-state index contributed by atoms with van der Waals surface area (Å²) in [5.41, 5.74) is 0.512. The van der Waals surface area contributed by atoms with Crippen LogP contribution in [0.3, 0.4) is 0 Å². The summed E-state index contributed by atoms with van der Waals surface area (Å²) in [5, 5.41) is 9.09. The second-order valence-corrected chi connectivity index (χ2v) is 2.11. The zero-order valence-electron chi connectivity index (χ0n) is 5.24. The Morgan fingerprint density at radius 1 is 1.60 bits per heavy atom. The lowest BCUT2D eigenvalue weighted by molar-refractivity contribution is 0.197. The van der Waals surface area contributed by atoms with E-state index in [4.69, 9.17) is 16.7 Å². The fourth-order valence-corrected chi connectivity index (χ4v) is 0.720. The summed E-state index contributed by atoms with van der Waals surface area (Å²) in [6, 6.07) is 0. The molecule has 0 saturated heterocycles. The topological polar surface area (TPSA) is 46.0 Å². The molecule has 0 aliphatic carbocycles. The molecular formula is C6H7ClN2O. The van der Waals surface area contributed by atoms with E-state index in [1.165, 1.54) is 12.4 Å². The van der Waals surface area contributed by atoms with Crippen LogP contribution in [0, 0.1) is 0 Å². The summed E-state index contributed by atoms with van der Waals surface area (Å²) in [7, 11) is 0. The highest BCUT2D eigenvalue weighted by Gasteiger charge is 2.05. The van der Waals surface area contributed by atoms with Crippen molar-refractivity contribution >= 4 is 11.6 Å². The van der Waals surface area contributed by atoms with Crippen molar-refractivity contribution in [2.24, 2.45) is 0 Å². The maximum Gasteiger partial charge on any atom is 0.111 e. The zero-order chi connectivity index (χ0) is 7.40. The molecule has 1 aromatic rings. The van der Waals surface area contributed by atoms with E-state index in [0.29, 0.717) is 5.69 Å². The molecule has 3 nitrogen and oxygen atoms in total. The number of aromatic nitrogens is 2. The summed E-state index contributed by atoms with van der Waals surface area (Å²) < 4.78 is 0. The third-order valence-corrected chi connectivity index (χ3v) is 1.36. The monoisotopic (exact) mass is 158 g/mol. The molecule has 0 bridgehead atoms. The molecule has 1 heterocycles. The Morgan fingerprint density at radius 3 is 2.90 bits per heavy atom. The molecule has 1 rings (SSSR count). The molecule has 0 amide bonds. The Bertz CT molecular complexity index is 192. The van der Waals surface area contributed by atoms with E-state index in [-0.39, 0.29) is 5.88 Å². The summed E-state index contributed by atoms with van der Waals surface area (Å²) in [6.07, 6.45) is 3.86. The number of hydrogen-bond donors (Lipinski definition) is 1. The molecule has 1 N–H and O–H groups in total. The molecule has 4 heteroatoms. The lowest BCUT2D eigenvalue weighted by Crippen LogP contribution is -2.01. The molecule has 1 atom stereocenters. The molecule has 0 spiro atoms. The molecule has 1 aromatic heterocycles. The second-order valence-electron chi connectivity index (χ2n) is 1.80. The highest BCUT2D eigenvalue weighted by atomic mass is 35.5. The normalized spacial score (nSPS) is 13.0. The molecule has 0 saturated carbocycles. The largest absolute Gasteiger partial charge is 0.385 e. The molecule has 0 aromatic carbocycles. The SMILES string of the molecule is OC(CCl)c1cnccn1. The maximum atomic E-state index is 9.09. The van der Waals surface area contributed by atoms with Crippen LogP contribution in [0.4, 0.5) is 0 Å². The lowest BCUT2D eigenvalue weighted by atomic mass is 10.3. The quantitative estimate of drug-likeness (QED) is 0.646. The van der Waals surface area contributed by atoms with Crippen LogP contribution in [0.2, 0.25) is 0 Å². The van der Waals surface area contributed by atoms with Gasteiger partial charge in [-0.25, -0.2) is 0 Å². The standard InChI is InChI=1S/C6H7ClN2O/c7-3-6(10)5-4-8-1-2-9-5/h1-2,4,6,10H,3H2. The van der Waals surface area contributed by atoms with Crippen LogP contribution in [-0.4, -0.2) is 21.0 Å². The fraction of sp³-hybridized carbons (Fsp3) is 0.333. The van der Waals surface area contributed by atoms with Crippen LogP contribution in [0.25, 0.3) is 0 Å². The Hall–Kier alpha value is -0.670. The zero-order valence-corrected chi connectivity index (χ0v) is 5.99. The Balaban J connectivity index is 2.75. The van der Waals surface area contributed by atoms with Gasteiger partial charge in [-0.05, 0) is 0 Å². The van der Waals surface area contributed by atoms with E-state index in [1.807, 2.05) is 0 Å². The number of alkyl halides is 1. The minimum absolute atomic E-state index is 0.151. The molecule has 10 heavy (non-hydrogen) atoms. The van der Waals surface area contributed by atoms with E-state index in [0.717, 1.165) is 0 Å². The maximum absolute atomic E-state index is 9.09. The highest BCUT2D eigenvalue weighted by Crippen LogP contribution is 2.07. The molecule has 54 valence electrons. The van der Waals surface area contributed by atoms with Crippen molar-refractivity contribution in [3.05, 3.63) is 24.3 Å². The first-order valence-corrected chi connectivity index (χ1v) is 3.38. The average molecular weight is 159 g/mol. The second kappa shape index (κ2) is 3.49. The third-order valence-electron chi connectivity index (χ3n) is 1.07. The van der Waals surface area contributed by atoms with Crippen molar-refractivity contribution < 1.29 is 5.11 Å². The smallest absolute Gasteiger partial charge is 0.111 e. The first kappa shape index (κ1) is 7.44. The third kappa shape index (κ3) is 1.65. The van der Waals surface area contributed by atoms with Crippen molar-refractivity contribution in [3.8, 4) is 0 Å². The number of halogens is 1. The van der Waals surface area contributed by atoms with Gasteiger partial charge in [0.2, 0.25) is 0 Å². The first-order valence-electron chi connectivity index (χ1n) is 2.84. The van der Waals surface area contributed by atoms with Gasteiger partial charge in [-0.15, -0.1) is 11.6 Å². The van der Waals surface area contributed by atoms with Crippen molar-refractivity contribution in [3.63, 3.8) is 0 Å². The molecule has 0 aliphatic rings. The van der Waals surface area contributed by atoms with E-state index in [9.17, 15) is 0 Å². The van der Waals surface area contributed by atoms with Gasteiger partial charge in [0.15, 0.2) is 0 Å². The number of aliphatic hydroxyl groups is 1. The predicted octanol–water partition coefficient (Wildman–Crippen LogP) is 0.749. The van der Waals surface area contributed by atoms with Crippen LogP contribution < -0.4 is 0 Å². The number of hydrogen-bond acceptors (Lipinski definition) is 3. The fourth-order valence-electron chi connectivity index (χ4n) is 0.562. The molecule has 0 radical (unpaired) electrons. The van der Waals surface area contributed by atoms with Gasteiger partial charge in [0.25, 0.3) is 0 Å². The van der Waals surface area contributed by atoms with Gasteiger partial charge in [0.05, 0.1) is 17.8 Å². The van der Waals surface area contributed by atoms with Crippen LogP contribution in [-0.2, 0) is 0 Å². The molecule has 1 unspecified atom stereocenters. The number of aliphatic hydroxyl groups excluding tert-OH is 1. The van der Waals surface area contributed by atoms with Gasteiger partial charge in [-0.3, -0.25) is 9.97 Å². The van der Waals surface area contributed by atoms with E-state index < -0.39 is 6.10 Å². The van der Waals surface area contributed by atoms with Gasteiger partial charge >= 0.3 is 0 Å². The van der Waals surface area contributed by atoms with Gasteiger partial charge < -0.3 is 5.11 Å². The van der Waals surface area contributed by atoms with Crippen molar-refractivity contribution in [2.45, 2.75) is 6.10 Å². The summed E-state index contributed by atoms with van der Waals surface area (Å²) in [4.78, 5) is 7.63. The number of rotatable bonds is 2. The van der Waals surface area contributed by atoms with Gasteiger partial charge in [-0.1, -0.05) is 0 Å². The Kier molecular flexibility index (Phi) is 2.59. The Morgan fingerprint density at radius 2 is 2.40 bits per heavy atom. The minimum Gasteiger partial charge on any atom is -0.385 e.